The Morgan fingerprint density at radius 2 is 1.94 bits per heavy atom. The Kier molecular flexibility index (Phi) is 6.41. The number of pyridine rings is 1. The van der Waals surface area contributed by atoms with Gasteiger partial charge in [0.15, 0.2) is 5.82 Å². The van der Waals surface area contributed by atoms with E-state index in [1.54, 1.807) is 0 Å². The maximum absolute atomic E-state index is 13.7. The largest absolute Gasteiger partial charge is 0.478 e. The van der Waals surface area contributed by atoms with Gasteiger partial charge in [-0.05, 0) is 48.0 Å². The Labute approximate surface area is 203 Å². The van der Waals surface area contributed by atoms with E-state index in [2.05, 4.69) is 30.8 Å². The van der Waals surface area contributed by atoms with Crippen LogP contribution in [0, 0.1) is 12.7 Å². The van der Waals surface area contributed by atoms with Gasteiger partial charge in [0, 0.05) is 6.20 Å². The first-order valence-electron chi connectivity index (χ1n) is 9.83. The molecule has 4 aromatic rings. The molecule has 0 aliphatic heterocycles. The molecule has 3 aromatic heterocycles. The summed E-state index contributed by atoms with van der Waals surface area (Å²) in [6.07, 6.45) is -3.44. The summed E-state index contributed by atoms with van der Waals surface area (Å²) in [4.78, 5) is 29.5. The molecule has 0 unspecified atom stereocenters. The molecule has 0 aliphatic rings. The molecular weight excluding hydrogens is 512 g/mol. The molecule has 1 aromatic carbocycles. The molecule has 0 atom stereocenters. The second kappa shape index (κ2) is 9.33. The maximum atomic E-state index is 13.7. The summed E-state index contributed by atoms with van der Waals surface area (Å²) < 4.78 is 53.1. The fraction of sp³-hybridized carbons (Fsp3) is 0.150. The predicted octanol–water partition coefficient (Wildman–Crippen LogP) is 3.37. The van der Waals surface area contributed by atoms with E-state index < -0.39 is 41.8 Å². The number of tetrazole rings is 1. The molecule has 36 heavy (non-hydrogen) atoms. The number of alkyl halides is 3. The zero-order chi connectivity index (χ0) is 26.2. The molecule has 1 amide bonds. The first-order valence-corrected chi connectivity index (χ1v) is 10.2. The number of anilines is 1. The van der Waals surface area contributed by atoms with Crippen molar-refractivity contribution in [3.8, 4) is 5.82 Å². The third kappa shape index (κ3) is 5.00. The quantitative estimate of drug-likeness (QED) is 0.366. The van der Waals surface area contributed by atoms with Crippen molar-refractivity contribution in [2.45, 2.75) is 19.6 Å². The van der Waals surface area contributed by atoms with E-state index in [1.165, 1.54) is 31.3 Å². The number of rotatable bonds is 6. The average Bonchev–Trinajstić information content (AvgIpc) is 3.43. The smallest absolute Gasteiger partial charge is 0.455 e. The van der Waals surface area contributed by atoms with Crippen molar-refractivity contribution in [3.63, 3.8) is 0 Å². The van der Waals surface area contributed by atoms with Gasteiger partial charge >= 0.3 is 12.1 Å². The zero-order valence-electron chi connectivity index (χ0n) is 18.0. The van der Waals surface area contributed by atoms with Crippen LogP contribution in [0.15, 0.2) is 36.5 Å². The van der Waals surface area contributed by atoms with E-state index in [1.807, 2.05) is 0 Å². The highest BCUT2D eigenvalue weighted by atomic mass is 35.5. The molecule has 4 rings (SSSR count). The third-order valence-corrected chi connectivity index (χ3v) is 5.01. The second-order valence-corrected chi connectivity index (χ2v) is 7.69. The Hall–Kier alpha value is -4.40. The molecule has 0 saturated heterocycles. The van der Waals surface area contributed by atoms with Crippen molar-refractivity contribution in [2.24, 2.45) is 0 Å². The second-order valence-electron chi connectivity index (χ2n) is 7.29. The Balaban J connectivity index is 1.75. The number of hydrogen-bond acceptors (Lipinski definition) is 7. The molecule has 0 saturated carbocycles. The topological polar surface area (TPSA) is 141 Å². The number of amides is 1. The lowest BCUT2D eigenvalue weighted by molar-refractivity contribution is -0.145. The highest BCUT2D eigenvalue weighted by Crippen LogP contribution is 2.26. The number of halogens is 5. The SMILES string of the molecule is Cc1cc(F)cc(C(=O)O)c1NC(=O)c1cc(Cn2nnc(C(F)(F)F)n2)nn1-c1ncccc1Cl. The van der Waals surface area contributed by atoms with Crippen LogP contribution in [0.3, 0.4) is 0 Å². The van der Waals surface area contributed by atoms with Crippen LogP contribution in [0.5, 0.6) is 0 Å². The summed E-state index contributed by atoms with van der Waals surface area (Å²) in [6.45, 7) is 0.995. The molecule has 2 N–H and O–H groups in total. The van der Waals surface area contributed by atoms with Gasteiger partial charge in [0.25, 0.3) is 11.7 Å². The van der Waals surface area contributed by atoms with Gasteiger partial charge in [-0.25, -0.2) is 18.9 Å². The van der Waals surface area contributed by atoms with E-state index in [-0.39, 0.29) is 33.5 Å². The highest BCUT2D eigenvalue weighted by molar-refractivity contribution is 6.32. The minimum Gasteiger partial charge on any atom is -0.478 e. The molecule has 16 heteroatoms. The van der Waals surface area contributed by atoms with E-state index >= 15 is 0 Å². The van der Waals surface area contributed by atoms with Crippen LogP contribution in [0.25, 0.3) is 5.82 Å². The molecule has 0 fully saturated rings. The first kappa shape index (κ1) is 24.7. The van der Waals surface area contributed by atoms with E-state index in [0.717, 1.165) is 16.8 Å². The van der Waals surface area contributed by atoms with Crippen LogP contribution in [0.4, 0.5) is 23.2 Å². The van der Waals surface area contributed by atoms with Gasteiger partial charge in [-0.15, -0.1) is 10.2 Å². The Bertz CT molecular complexity index is 1480. The van der Waals surface area contributed by atoms with Crippen molar-refractivity contribution in [1.29, 1.82) is 0 Å². The number of carbonyl (C=O) groups is 2. The van der Waals surface area contributed by atoms with Gasteiger partial charge < -0.3 is 10.4 Å². The monoisotopic (exact) mass is 524 g/mol. The fourth-order valence-corrected chi connectivity index (χ4v) is 3.39. The standard InChI is InChI=1S/C20H13ClF4N8O3/c1-9-5-10(22)6-12(18(35)36)15(9)27-17(34)14-7-11(8-32-30-19(28-31-32)20(23,24)25)29-33(14)16-13(21)3-2-4-26-16/h2-7H,8H2,1H3,(H,27,34)(H,35,36). The van der Waals surface area contributed by atoms with Crippen LogP contribution in [0.2, 0.25) is 5.02 Å². The summed E-state index contributed by atoms with van der Waals surface area (Å²) in [6, 6.07) is 5.98. The molecule has 11 nitrogen and oxygen atoms in total. The lowest BCUT2D eigenvalue weighted by Crippen LogP contribution is -2.20. The van der Waals surface area contributed by atoms with Gasteiger partial charge in [-0.3, -0.25) is 4.79 Å². The number of benzene rings is 1. The normalized spacial score (nSPS) is 11.5. The number of nitrogens with zero attached hydrogens (tertiary/aromatic N) is 7. The number of aromatic carboxylic acids is 1. The number of carbonyl (C=O) groups excluding carboxylic acids is 1. The Morgan fingerprint density at radius 1 is 1.19 bits per heavy atom. The average molecular weight is 525 g/mol. The number of aryl methyl sites for hydroxylation is 1. The number of carboxylic acid groups (broad SMARTS) is 1. The molecule has 186 valence electrons. The van der Waals surface area contributed by atoms with Crippen LogP contribution in [-0.2, 0) is 12.7 Å². The minimum atomic E-state index is -4.81. The summed E-state index contributed by atoms with van der Waals surface area (Å²) in [7, 11) is 0. The molecule has 0 bridgehead atoms. The number of hydrogen-bond donors (Lipinski definition) is 2. The van der Waals surface area contributed by atoms with Crippen LogP contribution in [0.1, 0.15) is 37.9 Å². The summed E-state index contributed by atoms with van der Waals surface area (Å²) in [5, 5.41) is 25.6. The van der Waals surface area contributed by atoms with Crippen LogP contribution >= 0.6 is 11.6 Å². The van der Waals surface area contributed by atoms with Gasteiger partial charge in [-0.2, -0.15) is 23.1 Å². The highest BCUT2D eigenvalue weighted by Gasteiger charge is 2.37. The summed E-state index contributed by atoms with van der Waals surface area (Å²) in [5.41, 5.74) is -0.698. The predicted molar refractivity (Wildman–Crippen MR) is 114 cm³/mol. The van der Waals surface area contributed by atoms with Crippen LogP contribution < -0.4 is 5.32 Å². The Morgan fingerprint density at radius 3 is 2.58 bits per heavy atom. The van der Waals surface area contributed by atoms with Crippen molar-refractivity contribution < 1.29 is 32.3 Å². The fourth-order valence-electron chi connectivity index (χ4n) is 3.19. The zero-order valence-corrected chi connectivity index (χ0v) is 18.7. The minimum absolute atomic E-state index is 0.00684. The number of carboxylic acids is 1. The lowest BCUT2D eigenvalue weighted by atomic mass is 10.1. The van der Waals surface area contributed by atoms with Gasteiger partial charge in [0.2, 0.25) is 0 Å². The molecule has 0 spiro atoms. The maximum Gasteiger partial charge on any atom is 0.455 e. The number of nitrogens with one attached hydrogen (secondary N) is 1. The van der Waals surface area contributed by atoms with Crippen LogP contribution in [-0.4, -0.2) is 52.0 Å². The lowest BCUT2D eigenvalue weighted by Gasteiger charge is -2.13. The summed E-state index contributed by atoms with van der Waals surface area (Å²) in [5.74, 6) is -4.62. The molecule has 0 radical (unpaired) electrons. The van der Waals surface area contributed by atoms with E-state index in [4.69, 9.17) is 11.6 Å². The van der Waals surface area contributed by atoms with E-state index in [0.29, 0.717) is 4.80 Å². The summed E-state index contributed by atoms with van der Waals surface area (Å²) >= 11 is 6.19. The molecule has 0 aliphatic carbocycles. The van der Waals surface area contributed by atoms with Crippen molar-refractivity contribution in [3.05, 3.63) is 75.7 Å². The van der Waals surface area contributed by atoms with Crippen molar-refractivity contribution in [1.82, 2.24) is 35.0 Å². The van der Waals surface area contributed by atoms with Crippen molar-refractivity contribution in [2.75, 3.05) is 5.32 Å². The van der Waals surface area contributed by atoms with Gasteiger partial charge in [0.05, 0.1) is 22.0 Å². The first-order chi connectivity index (χ1) is 16.9. The van der Waals surface area contributed by atoms with Gasteiger partial charge in [-0.1, -0.05) is 11.6 Å². The van der Waals surface area contributed by atoms with E-state index in [9.17, 15) is 32.3 Å². The molecule has 3 heterocycles. The van der Waals surface area contributed by atoms with Crippen molar-refractivity contribution >= 4 is 29.2 Å². The number of aromatic nitrogens is 7. The van der Waals surface area contributed by atoms with Gasteiger partial charge in [0.1, 0.15) is 18.1 Å². The third-order valence-electron chi connectivity index (χ3n) is 4.71. The molecular formula is C20H13ClF4N8O3.